The molecule has 7 heteroatoms. The number of unbranched alkanes of at least 4 members (excludes halogenated alkanes) is 2. The molecule has 0 aliphatic carbocycles. The van der Waals surface area contributed by atoms with Crippen molar-refractivity contribution in [3.05, 3.63) is 30.0 Å². The van der Waals surface area contributed by atoms with Gasteiger partial charge < -0.3 is 15.0 Å². The number of nitrogens with one attached hydrogen (secondary N) is 1. The van der Waals surface area contributed by atoms with E-state index >= 15 is 0 Å². The highest BCUT2D eigenvalue weighted by atomic mass is 16.5. The van der Waals surface area contributed by atoms with Crippen LogP contribution in [0.2, 0.25) is 0 Å². The Labute approximate surface area is 159 Å². The van der Waals surface area contributed by atoms with Gasteiger partial charge in [-0.05, 0) is 18.6 Å². The number of nitrogens with zero attached hydrogens (tertiary/aromatic N) is 4. The van der Waals surface area contributed by atoms with E-state index in [2.05, 4.69) is 23.3 Å². The number of morpholine rings is 1. The summed E-state index contributed by atoms with van der Waals surface area (Å²) in [6.07, 6.45) is 3.03. The third-order valence-corrected chi connectivity index (χ3v) is 4.63. The Balaban J connectivity index is 1.94. The Hall–Kier alpha value is -2.72. The van der Waals surface area contributed by atoms with Crippen molar-refractivity contribution in [1.29, 1.82) is 5.26 Å². The Bertz CT molecular complexity index is 827. The molecule has 2 aromatic rings. The minimum Gasteiger partial charge on any atom is -0.378 e. The highest BCUT2D eigenvalue weighted by Crippen LogP contribution is 2.27. The number of carbonyl (C=O) groups is 1. The van der Waals surface area contributed by atoms with Crippen LogP contribution in [0.5, 0.6) is 0 Å². The maximum absolute atomic E-state index is 12.7. The largest absolute Gasteiger partial charge is 0.378 e. The third kappa shape index (κ3) is 4.52. The lowest BCUT2D eigenvalue weighted by atomic mass is 10.0. The van der Waals surface area contributed by atoms with Gasteiger partial charge in [0.15, 0.2) is 11.7 Å². The van der Waals surface area contributed by atoms with Gasteiger partial charge in [-0.15, -0.1) is 0 Å². The lowest BCUT2D eigenvalue weighted by Gasteiger charge is -2.29. The SMILES string of the molecule is CCCCCNC(=O)[C@@H](C#N)c1nc2ccccc2nc1N1CCOCC1. The van der Waals surface area contributed by atoms with E-state index in [1.165, 1.54) is 0 Å². The molecule has 0 spiro atoms. The van der Waals surface area contributed by atoms with Crippen molar-refractivity contribution >= 4 is 22.8 Å². The van der Waals surface area contributed by atoms with Crippen molar-refractivity contribution in [3.8, 4) is 6.07 Å². The smallest absolute Gasteiger partial charge is 0.243 e. The summed E-state index contributed by atoms with van der Waals surface area (Å²) in [6, 6.07) is 9.65. The second kappa shape index (κ2) is 9.28. The van der Waals surface area contributed by atoms with E-state index < -0.39 is 5.92 Å². The van der Waals surface area contributed by atoms with Gasteiger partial charge in [0.05, 0.1) is 30.3 Å². The van der Waals surface area contributed by atoms with Gasteiger partial charge in [0, 0.05) is 19.6 Å². The van der Waals surface area contributed by atoms with Crippen LogP contribution >= 0.6 is 0 Å². The first-order chi connectivity index (χ1) is 13.2. The highest BCUT2D eigenvalue weighted by Gasteiger charge is 2.29. The number of nitriles is 1. The molecule has 142 valence electrons. The average molecular weight is 367 g/mol. The zero-order valence-corrected chi connectivity index (χ0v) is 15.6. The van der Waals surface area contributed by atoms with Crippen LogP contribution < -0.4 is 10.2 Å². The van der Waals surface area contributed by atoms with Crippen LogP contribution in [0, 0.1) is 11.3 Å². The minimum absolute atomic E-state index is 0.312. The van der Waals surface area contributed by atoms with Gasteiger partial charge in [0.25, 0.3) is 0 Å². The Morgan fingerprint density at radius 2 is 1.96 bits per heavy atom. The molecule has 3 rings (SSSR count). The van der Waals surface area contributed by atoms with Gasteiger partial charge in [-0.25, -0.2) is 9.97 Å². The normalized spacial score (nSPS) is 15.3. The summed E-state index contributed by atoms with van der Waals surface area (Å²) in [6.45, 7) is 5.19. The molecule has 1 aliphatic heterocycles. The molecule has 1 aliphatic rings. The van der Waals surface area contributed by atoms with Crippen molar-refractivity contribution in [2.75, 3.05) is 37.7 Å². The van der Waals surface area contributed by atoms with Gasteiger partial charge in [-0.2, -0.15) is 5.26 Å². The number of carbonyl (C=O) groups excluding carboxylic acids is 1. The van der Waals surface area contributed by atoms with Crippen LogP contribution in [0.1, 0.15) is 37.8 Å². The standard InChI is InChI=1S/C20H25N5O2/c1-2-3-6-9-22-20(26)15(14-21)18-19(25-10-12-27-13-11-25)24-17-8-5-4-7-16(17)23-18/h4-5,7-8,15H,2-3,6,9-13H2,1H3,(H,22,26)/t15-/m0/s1. The molecule has 2 heterocycles. The maximum atomic E-state index is 12.7. The van der Waals surface area contributed by atoms with E-state index in [4.69, 9.17) is 9.72 Å². The number of benzene rings is 1. The topological polar surface area (TPSA) is 91.1 Å². The minimum atomic E-state index is -0.985. The molecule has 1 atom stereocenters. The lowest BCUT2D eigenvalue weighted by Crippen LogP contribution is -2.39. The van der Waals surface area contributed by atoms with E-state index in [0.717, 1.165) is 24.8 Å². The third-order valence-electron chi connectivity index (χ3n) is 4.63. The van der Waals surface area contributed by atoms with Crippen LogP contribution in [0.4, 0.5) is 5.82 Å². The number of amides is 1. The predicted octanol–water partition coefficient (Wildman–Crippen LogP) is 2.38. The Morgan fingerprint density at radius 3 is 2.63 bits per heavy atom. The molecule has 1 amide bonds. The van der Waals surface area contributed by atoms with E-state index in [9.17, 15) is 10.1 Å². The molecule has 1 saturated heterocycles. The van der Waals surface area contributed by atoms with Gasteiger partial charge in [0.2, 0.25) is 5.91 Å². The number of hydrogen-bond acceptors (Lipinski definition) is 6. The van der Waals surface area contributed by atoms with E-state index in [-0.39, 0.29) is 5.91 Å². The fraction of sp³-hybridized carbons (Fsp3) is 0.500. The van der Waals surface area contributed by atoms with E-state index in [1.54, 1.807) is 0 Å². The molecule has 1 aromatic carbocycles. The van der Waals surface area contributed by atoms with Gasteiger partial charge in [0.1, 0.15) is 5.69 Å². The van der Waals surface area contributed by atoms with Crippen LogP contribution in [-0.4, -0.2) is 48.7 Å². The molecule has 27 heavy (non-hydrogen) atoms. The number of hydrogen-bond donors (Lipinski definition) is 1. The zero-order chi connectivity index (χ0) is 19.1. The second-order valence-electron chi connectivity index (χ2n) is 6.58. The summed E-state index contributed by atoms with van der Waals surface area (Å²) in [5.41, 5.74) is 1.86. The van der Waals surface area contributed by atoms with Crippen molar-refractivity contribution in [1.82, 2.24) is 15.3 Å². The van der Waals surface area contributed by atoms with Crippen LogP contribution in [0.3, 0.4) is 0 Å². The van der Waals surface area contributed by atoms with Gasteiger partial charge in [-0.1, -0.05) is 31.9 Å². The van der Waals surface area contributed by atoms with Crippen molar-refractivity contribution in [2.24, 2.45) is 0 Å². The first kappa shape index (κ1) is 19.1. The molecule has 0 saturated carbocycles. The summed E-state index contributed by atoms with van der Waals surface area (Å²) >= 11 is 0. The molecule has 7 nitrogen and oxygen atoms in total. The number of para-hydroxylation sites is 2. The number of anilines is 1. The fourth-order valence-corrected chi connectivity index (χ4v) is 3.14. The zero-order valence-electron chi connectivity index (χ0n) is 15.6. The number of rotatable bonds is 7. The number of fused-ring (bicyclic) bond motifs is 1. The first-order valence-corrected chi connectivity index (χ1v) is 9.51. The average Bonchev–Trinajstić information content (AvgIpc) is 2.72. The Morgan fingerprint density at radius 1 is 1.26 bits per heavy atom. The molecular formula is C20H25N5O2. The summed E-state index contributed by atoms with van der Waals surface area (Å²) < 4.78 is 5.42. The molecule has 0 radical (unpaired) electrons. The van der Waals surface area contributed by atoms with E-state index in [0.29, 0.717) is 49.9 Å². The first-order valence-electron chi connectivity index (χ1n) is 9.51. The lowest BCUT2D eigenvalue weighted by molar-refractivity contribution is -0.121. The Kier molecular flexibility index (Phi) is 6.55. The predicted molar refractivity (Wildman–Crippen MR) is 103 cm³/mol. The molecule has 1 aromatic heterocycles. The van der Waals surface area contributed by atoms with Crippen LogP contribution in [0.15, 0.2) is 24.3 Å². The summed E-state index contributed by atoms with van der Waals surface area (Å²) in [7, 11) is 0. The van der Waals surface area contributed by atoms with Crippen LogP contribution in [0.25, 0.3) is 11.0 Å². The van der Waals surface area contributed by atoms with Gasteiger partial charge >= 0.3 is 0 Å². The second-order valence-corrected chi connectivity index (χ2v) is 6.58. The summed E-state index contributed by atoms with van der Waals surface area (Å²) in [4.78, 5) is 24.1. The molecule has 1 fully saturated rings. The highest BCUT2D eigenvalue weighted by molar-refractivity contribution is 5.88. The fourth-order valence-electron chi connectivity index (χ4n) is 3.14. The maximum Gasteiger partial charge on any atom is 0.243 e. The van der Waals surface area contributed by atoms with Crippen LogP contribution in [-0.2, 0) is 9.53 Å². The van der Waals surface area contributed by atoms with Crippen molar-refractivity contribution in [2.45, 2.75) is 32.1 Å². The summed E-state index contributed by atoms with van der Waals surface area (Å²) in [5, 5.41) is 12.6. The molecular weight excluding hydrogens is 342 g/mol. The number of aromatic nitrogens is 2. The van der Waals surface area contributed by atoms with E-state index in [1.807, 2.05) is 29.2 Å². The molecule has 0 unspecified atom stereocenters. The van der Waals surface area contributed by atoms with Gasteiger partial charge in [-0.3, -0.25) is 4.79 Å². The number of ether oxygens (including phenoxy) is 1. The summed E-state index contributed by atoms with van der Waals surface area (Å²) in [5.74, 6) is -0.693. The van der Waals surface area contributed by atoms with Crippen molar-refractivity contribution in [3.63, 3.8) is 0 Å². The monoisotopic (exact) mass is 367 g/mol. The molecule has 0 bridgehead atoms. The quantitative estimate of drug-likeness (QED) is 0.756. The molecule has 1 N–H and O–H groups in total. The van der Waals surface area contributed by atoms with Crippen molar-refractivity contribution < 1.29 is 9.53 Å².